The van der Waals surface area contributed by atoms with Crippen LogP contribution in [0.2, 0.25) is 0 Å². The molecular formula is C9H8INO3. The van der Waals surface area contributed by atoms with E-state index in [4.69, 9.17) is 10.5 Å². The first-order valence-electron chi connectivity index (χ1n) is 3.72. The lowest BCUT2D eigenvalue weighted by atomic mass is 10.1. The summed E-state index contributed by atoms with van der Waals surface area (Å²) in [4.78, 5) is 21.6. The first-order valence-corrected chi connectivity index (χ1v) is 4.80. The van der Waals surface area contributed by atoms with Crippen molar-refractivity contribution in [3.8, 4) is 5.75 Å². The number of ether oxygens (including phenoxy) is 1. The molecule has 2 N–H and O–H groups in total. The molecule has 0 aromatic heterocycles. The number of benzene rings is 1. The molecule has 14 heavy (non-hydrogen) atoms. The van der Waals surface area contributed by atoms with Gasteiger partial charge in [-0.3, -0.25) is 9.59 Å². The van der Waals surface area contributed by atoms with Crippen molar-refractivity contribution >= 4 is 34.8 Å². The van der Waals surface area contributed by atoms with E-state index in [0.717, 1.165) is 3.57 Å². The van der Waals surface area contributed by atoms with Gasteiger partial charge < -0.3 is 10.5 Å². The second-order valence-electron chi connectivity index (χ2n) is 2.56. The maximum absolute atomic E-state index is 11.0. The molecule has 0 aliphatic heterocycles. The van der Waals surface area contributed by atoms with Crippen LogP contribution in [0.4, 0.5) is 0 Å². The molecule has 0 unspecified atom stereocenters. The highest BCUT2D eigenvalue weighted by Crippen LogP contribution is 2.23. The van der Waals surface area contributed by atoms with Crippen molar-refractivity contribution in [1.29, 1.82) is 0 Å². The Bertz CT molecular complexity index is 390. The van der Waals surface area contributed by atoms with E-state index in [0.29, 0.717) is 17.6 Å². The molecule has 0 fully saturated rings. The Kier molecular flexibility index (Phi) is 3.45. The molecular weight excluding hydrogens is 297 g/mol. The zero-order valence-electron chi connectivity index (χ0n) is 7.41. The fourth-order valence-electron chi connectivity index (χ4n) is 1.02. The summed E-state index contributed by atoms with van der Waals surface area (Å²) in [6, 6.07) is 3.03. The highest BCUT2D eigenvalue weighted by atomic mass is 127. The molecule has 0 spiro atoms. The van der Waals surface area contributed by atoms with Gasteiger partial charge in [-0.05, 0) is 34.7 Å². The van der Waals surface area contributed by atoms with Crippen LogP contribution in [0, 0.1) is 3.57 Å². The Morgan fingerprint density at radius 2 is 2.21 bits per heavy atom. The number of carbonyl (C=O) groups is 2. The average molecular weight is 305 g/mol. The summed E-state index contributed by atoms with van der Waals surface area (Å²) < 4.78 is 5.69. The van der Waals surface area contributed by atoms with E-state index in [1.54, 1.807) is 6.07 Å². The van der Waals surface area contributed by atoms with Gasteiger partial charge >= 0.3 is 0 Å². The standard InChI is InChI=1S/C9H8INO3/c1-14-8-3-7(10)5(4-12)2-6(8)9(11)13/h2-4H,1H3,(H2,11,13). The number of primary amides is 1. The van der Waals surface area contributed by atoms with E-state index < -0.39 is 5.91 Å². The third-order valence-corrected chi connectivity index (χ3v) is 2.65. The minimum Gasteiger partial charge on any atom is -0.496 e. The molecule has 1 rings (SSSR count). The minimum atomic E-state index is -0.610. The Balaban J connectivity index is 3.39. The number of hydrogen-bond acceptors (Lipinski definition) is 3. The maximum atomic E-state index is 11.0. The number of halogens is 1. The topological polar surface area (TPSA) is 69.4 Å². The zero-order valence-corrected chi connectivity index (χ0v) is 9.57. The SMILES string of the molecule is COc1cc(I)c(C=O)cc1C(N)=O. The van der Waals surface area contributed by atoms with E-state index >= 15 is 0 Å². The molecule has 1 aromatic carbocycles. The van der Waals surface area contributed by atoms with Crippen LogP contribution in [0.1, 0.15) is 20.7 Å². The van der Waals surface area contributed by atoms with Crippen LogP contribution in [0.25, 0.3) is 0 Å². The highest BCUT2D eigenvalue weighted by Gasteiger charge is 2.12. The predicted molar refractivity (Wildman–Crippen MR) is 59.6 cm³/mol. The van der Waals surface area contributed by atoms with Gasteiger partial charge in [0.25, 0.3) is 5.91 Å². The van der Waals surface area contributed by atoms with Gasteiger partial charge in [0.15, 0.2) is 6.29 Å². The van der Waals surface area contributed by atoms with Crippen molar-refractivity contribution in [3.05, 3.63) is 26.8 Å². The molecule has 0 atom stereocenters. The summed E-state index contributed by atoms with van der Waals surface area (Å²) in [5.41, 5.74) is 5.77. The van der Waals surface area contributed by atoms with Gasteiger partial charge in [-0.1, -0.05) is 0 Å². The summed E-state index contributed by atoms with van der Waals surface area (Å²) in [6.45, 7) is 0. The van der Waals surface area contributed by atoms with Crippen molar-refractivity contribution < 1.29 is 14.3 Å². The smallest absolute Gasteiger partial charge is 0.252 e. The van der Waals surface area contributed by atoms with Gasteiger partial charge in [-0.2, -0.15) is 0 Å². The molecule has 0 bridgehead atoms. The number of methoxy groups -OCH3 is 1. The average Bonchev–Trinajstić information content (AvgIpc) is 2.16. The normalized spacial score (nSPS) is 9.57. The lowest BCUT2D eigenvalue weighted by Gasteiger charge is -2.07. The van der Waals surface area contributed by atoms with E-state index in [9.17, 15) is 9.59 Å². The van der Waals surface area contributed by atoms with Crippen LogP contribution in [-0.2, 0) is 0 Å². The van der Waals surface area contributed by atoms with Gasteiger partial charge in [-0.25, -0.2) is 0 Å². The molecule has 0 aliphatic carbocycles. The van der Waals surface area contributed by atoms with Crippen LogP contribution < -0.4 is 10.5 Å². The van der Waals surface area contributed by atoms with Crippen molar-refractivity contribution in [1.82, 2.24) is 0 Å². The van der Waals surface area contributed by atoms with Gasteiger partial charge in [0.1, 0.15) is 5.75 Å². The molecule has 0 saturated carbocycles. The van der Waals surface area contributed by atoms with Crippen molar-refractivity contribution in [2.75, 3.05) is 7.11 Å². The second-order valence-corrected chi connectivity index (χ2v) is 3.72. The number of nitrogens with two attached hydrogens (primary N) is 1. The third-order valence-electron chi connectivity index (χ3n) is 1.71. The molecule has 0 aliphatic rings. The Morgan fingerprint density at radius 3 is 2.64 bits per heavy atom. The first kappa shape index (κ1) is 11.0. The van der Waals surface area contributed by atoms with Crippen molar-refractivity contribution in [3.63, 3.8) is 0 Å². The summed E-state index contributed by atoms with van der Waals surface area (Å²) in [6.07, 6.45) is 0.674. The van der Waals surface area contributed by atoms with Crippen LogP contribution >= 0.6 is 22.6 Å². The number of aldehydes is 1. The van der Waals surface area contributed by atoms with Gasteiger partial charge in [-0.15, -0.1) is 0 Å². The van der Waals surface area contributed by atoms with Crippen molar-refractivity contribution in [2.24, 2.45) is 5.73 Å². The second kappa shape index (κ2) is 4.41. The van der Waals surface area contributed by atoms with Crippen LogP contribution in [0.3, 0.4) is 0 Å². The monoisotopic (exact) mass is 305 g/mol. The third kappa shape index (κ3) is 2.03. The van der Waals surface area contributed by atoms with Gasteiger partial charge in [0.2, 0.25) is 0 Å². The molecule has 4 nitrogen and oxygen atoms in total. The summed E-state index contributed by atoms with van der Waals surface area (Å²) in [5, 5.41) is 0. The number of carbonyl (C=O) groups excluding carboxylic acids is 2. The van der Waals surface area contributed by atoms with Crippen LogP contribution in [0.15, 0.2) is 12.1 Å². The molecule has 0 saturated heterocycles. The number of hydrogen-bond donors (Lipinski definition) is 1. The fourth-order valence-corrected chi connectivity index (χ4v) is 1.59. The molecule has 1 aromatic rings. The Hall–Kier alpha value is -1.11. The van der Waals surface area contributed by atoms with E-state index in [-0.39, 0.29) is 5.56 Å². The number of rotatable bonds is 3. The molecule has 5 heteroatoms. The Labute approximate surface area is 94.6 Å². The summed E-state index contributed by atoms with van der Waals surface area (Å²) in [5.74, 6) is -0.228. The largest absolute Gasteiger partial charge is 0.496 e. The lowest BCUT2D eigenvalue weighted by molar-refractivity contribution is 0.0997. The number of amides is 1. The Morgan fingerprint density at radius 1 is 1.57 bits per heavy atom. The molecule has 0 heterocycles. The van der Waals surface area contributed by atoms with E-state index in [1.165, 1.54) is 13.2 Å². The summed E-state index contributed by atoms with van der Waals surface area (Å²) >= 11 is 1.99. The molecule has 1 amide bonds. The molecule has 0 radical (unpaired) electrons. The van der Waals surface area contributed by atoms with E-state index in [1.807, 2.05) is 22.6 Å². The first-order chi connectivity index (χ1) is 6.60. The van der Waals surface area contributed by atoms with Crippen LogP contribution in [0.5, 0.6) is 5.75 Å². The maximum Gasteiger partial charge on any atom is 0.252 e. The zero-order chi connectivity index (χ0) is 10.7. The van der Waals surface area contributed by atoms with Crippen LogP contribution in [-0.4, -0.2) is 19.3 Å². The fraction of sp³-hybridized carbons (Fsp3) is 0.111. The minimum absolute atomic E-state index is 0.218. The van der Waals surface area contributed by atoms with Gasteiger partial charge in [0, 0.05) is 9.13 Å². The molecule has 74 valence electrons. The van der Waals surface area contributed by atoms with E-state index in [2.05, 4.69) is 0 Å². The van der Waals surface area contributed by atoms with Crippen molar-refractivity contribution in [2.45, 2.75) is 0 Å². The quantitative estimate of drug-likeness (QED) is 0.674. The summed E-state index contributed by atoms with van der Waals surface area (Å²) in [7, 11) is 1.44. The lowest BCUT2D eigenvalue weighted by Crippen LogP contribution is -2.13. The van der Waals surface area contributed by atoms with Gasteiger partial charge in [0.05, 0.1) is 12.7 Å². The highest BCUT2D eigenvalue weighted by molar-refractivity contribution is 14.1. The predicted octanol–water partition coefficient (Wildman–Crippen LogP) is 1.21.